The van der Waals surface area contributed by atoms with Gasteiger partial charge in [0.2, 0.25) is 5.91 Å². The van der Waals surface area contributed by atoms with Crippen molar-refractivity contribution in [2.45, 2.75) is 25.9 Å². The van der Waals surface area contributed by atoms with Gasteiger partial charge in [0.05, 0.1) is 0 Å². The Bertz CT molecular complexity index is 460. The third-order valence-corrected chi connectivity index (χ3v) is 2.66. The zero-order valence-corrected chi connectivity index (χ0v) is 11.4. The van der Waals surface area contributed by atoms with Gasteiger partial charge in [-0.05, 0) is 31.5 Å². The topological polar surface area (TPSA) is 96.2 Å². The lowest BCUT2D eigenvalue weighted by Crippen LogP contribution is -2.45. The Morgan fingerprint density at radius 1 is 1.26 bits per heavy atom. The number of amides is 3. The number of urea groups is 1. The molecule has 0 aliphatic carbocycles. The van der Waals surface area contributed by atoms with E-state index in [1.807, 2.05) is 19.1 Å². The van der Waals surface area contributed by atoms with Gasteiger partial charge < -0.3 is 21.7 Å². The van der Waals surface area contributed by atoms with E-state index in [4.69, 9.17) is 5.73 Å². The smallest absolute Gasteiger partial charge is 0.319 e. The van der Waals surface area contributed by atoms with E-state index in [1.54, 1.807) is 19.1 Å². The second kappa shape index (κ2) is 6.75. The number of carbonyl (C=O) groups excluding carboxylic acids is 2. The molecule has 0 spiro atoms. The molecule has 1 aromatic rings. The molecule has 1 aromatic carbocycles. The summed E-state index contributed by atoms with van der Waals surface area (Å²) in [6.07, 6.45) is 0. The minimum Gasteiger partial charge on any atom is -0.357 e. The summed E-state index contributed by atoms with van der Waals surface area (Å²) in [5.74, 6) is -0.250. The molecule has 19 heavy (non-hydrogen) atoms. The highest BCUT2D eigenvalue weighted by Gasteiger charge is 2.13. The zero-order chi connectivity index (χ0) is 14.4. The van der Waals surface area contributed by atoms with E-state index in [-0.39, 0.29) is 11.9 Å². The van der Waals surface area contributed by atoms with Gasteiger partial charge in [-0.3, -0.25) is 4.79 Å². The van der Waals surface area contributed by atoms with Gasteiger partial charge in [-0.2, -0.15) is 0 Å². The number of nitrogens with two attached hydrogens (primary N) is 1. The fourth-order valence-electron chi connectivity index (χ4n) is 1.55. The van der Waals surface area contributed by atoms with E-state index < -0.39 is 12.1 Å². The minimum absolute atomic E-state index is 0.102. The molecule has 0 saturated heterocycles. The summed E-state index contributed by atoms with van der Waals surface area (Å²) in [6.45, 7) is 3.48. The second-order valence-electron chi connectivity index (χ2n) is 4.35. The van der Waals surface area contributed by atoms with Crippen molar-refractivity contribution in [1.82, 2.24) is 10.6 Å². The summed E-state index contributed by atoms with van der Waals surface area (Å²) in [5.41, 5.74) is 7.33. The predicted molar refractivity (Wildman–Crippen MR) is 74.7 cm³/mol. The average molecular weight is 264 g/mol. The molecule has 5 N–H and O–H groups in total. The number of benzene rings is 1. The Kier molecular flexibility index (Phi) is 5.32. The van der Waals surface area contributed by atoms with Crippen LogP contribution in [0.2, 0.25) is 0 Å². The van der Waals surface area contributed by atoms with Crippen molar-refractivity contribution in [3.8, 4) is 0 Å². The summed E-state index contributed by atoms with van der Waals surface area (Å²) in [6, 6.07) is 6.14. The summed E-state index contributed by atoms with van der Waals surface area (Å²) < 4.78 is 0. The molecule has 0 radical (unpaired) electrons. The van der Waals surface area contributed by atoms with Gasteiger partial charge in [0.1, 0.15) is 6.04 Å². The van der Waals surface area contributed by atoms with Crippen LogP contribution in [0.4, 0.5) is 10.5 Å². The summed E-state index contributed by atoms with van der Waals surface area (Å²) >= 11 is 0. The molecule has 3 amide bonds. The van der Waals surface area contributed by atoms with Crippen LogP contribution >= 0.6 is 0 Å². The van der Waals surface area contributed by atoms with Crippen LogP contribution in [0.1, 0.15) is 25.5 Å². The molecule has 0 aliphatic rings. The lowest BCUT2D eigenvalue weighted by Gasteiger charge is -2.14. The van der Waals surface area contributed by atoms with Crippen LogP contribution in [-0.4, -0.2) is 25.0 Å². The normalized spacial score (nSPS) is 13.3. The van der Waals surface area contributed by atoms with Crippen LogP contribution in [0.25, 0.3) is 0 Å². The number of anilines is 1. The Morgan fingerprint density at radius 3 is 2.53 bits per heavy atom. The summed E-state index contributed by atoms with van der Waals surface area (Å²) in [5, 5.41) is 7.66. The first-order valence-electron chi connectivity index (χ1n) is 6.08. The van der Waals surface area contributed by atoms with Crippen LogP contribution < -0.4 is 21.7 Å². The fraction of sp³-hybridized carbons (Fsp3) is 0.385. The van der Waals surface area contributed by atoms with E-state index in [0.29, 0.717) is 5.69 Å². The minimum atomic E-state index is -0.596. The number of carbonyl (C=O) groups is 2. The molecule has 0 aliphatic heterocycles. The van der Waals surface area contributed by atoms with Crippen LogP contribution in [-0.2, 0) is 4.79 Å². The molecular weight excluding hydrogens is 244 g/mol. The zero-order valence-electron chi connectivity index (χ0n) is 11.4. The Balaban J connectivity index is 2.62. The number of nitrogens with one attached hydrogen (secondary N) is 3. The van der Waals surface area contributed by atoms with E-state index in [9.17, 15) is 9.59 Å². The van der Waals surface area contributed by atoms with Crippen molar-refractivity contribution in [3.63, 3.8) is 0 Å². The highest BCUT2D eigenvalue weighted by Crippen LogP contribution is 2.15. The molecule has 2 unspecified atom stereocenters. The third-order valence-electron chi connectivity index (χ3n) is 2.66. The maximum absolute atomic E-state index is 11.7. The van der Waals surface area contributed by atoms with E-state index >= 15 is 0 Å². The predicted octanol–water partition coefficient (Wildman–Crippen LogP) is 0.962. The van der Waals surface area contributed by atoms with Crippen LogP contribution in [0.15, 0.2) is 24.3 Å². The molecule has 0 aromatic heterocycles. The van der Waals surface area contributed by atoms with Crippen LogP contribution in [0, 0.1) is 0 Å². The SMILES string of the molecule is CNC(=O)C(C)NC(=O)Nc1cccc(C(C)N)c1. The first-order valence-corrected chi connectivity index (χ1v) is 6.08. The Labute approximate surface area is 112 Å². The number of likely N-dealkylation sites (N-methyl/N-ethyl adjacent to an activating group) is 1. The number of hydrogen-bond acceptors (Lipinski definition) is 3. The number of rotatable bonds is 4. The lowest BCUT2D eigenvalue weighted by molar-refractivity contribution is -0.122. The fourth-order valence-corrected chi connectivity index (χ4v) is 1.55. The summed E-state index contributed by atoms with van der Waals surface area (Å²) in [4.78, 5) is 23.0. The maximum Gasteiger partial charge on any atom is 0.319 e. The van der Waals surface area contributed by atoms with Gasteiger partial charge in [-0.25, -0.2) is 4.79 Å². The van der Waals surface area contributed by atoms with Gasteiger partial charge in [0.15, 0.2) is 0 Å². The van der Waals surface area contributed by atoms with Crippen molar-refractivity contribution in [1.29, 1.82) is 0 Å². The molecule has 1 rings (SSSR count). The van der Waals surface area contributed by atoms with Crippen molar-refractivity contribution in [2.75, 3.05) is 12.4 Å². The van der Waals surface area contributed by atoms with Gasteiger partial charge in [0.25, 0.3) is 0 Å². The monoisotopic (exact) mass is 264 g/mol. The average Bonchev–Trinajstić information content (AvgIpc) is 2.37. The van der Waals surface area contributed by atoms with E-state index in [1.165, 1.54) is 7.05 Å². The summed E-state index contributed by atoms with van der Waals surface area (Å²) in [7, 11) is 1.52. The first-order chi connectivity index (χ1) is 8.93. The maximum atomic E-state index is 11.7. The third kappa shape index (κ3) is 4.59. The number of hydrogen-bond donors (Lipinski definition) is 4. The van der Waals surface area contributed by atoms with E-state index in [0.717, 1.165) is 5.56 Å². The highest BCUT2D eigenvalue weighted by molar-refractivity contribution is 5.93. The molecular formula is C13H20N4O2. The second-order valence-corrected chi connectivity index (χ2v) is 4.35. The molecule has 0 bridgehead atoms. The van der Waals surface area contributed by atoms with Crippen molar-refractivity contribution in [2.24, 2.45) is 5.73 Å². The molecule has 6 nitrogen and oxygen atoms in total. The van der Waals surface area contributed by atoms with Gasteiger partial charge in [-0.1, -0.05) is 12.1 Å². The Morgan fingerprint density at radius 2 is 1.95 bits per heavy atom. The first kappa shape index (κ1) is 15.0. The molecule has 0 saturated carbocycles. The Hall–Kier alpha value is -2.08. The largest absolute Gasteiger partial charge is 0.357 e. The highest BCUT2D eigenvalue weighted by atomic mass is 16.2. The van der Waals surface area contributed by atoms with E-state index in [2.05, 4.69) is 16.0 Å². The van der Waals surface area contributed by atoms with Crippen LogP contribution in [0.3, 0.4) is 0 Å². The molecule has 0 heterocycles. The van der Waals surface area contributed by atoms with Crippen molar-refractivity contribution in [3.05, 3.63) is 29.8 Å². The van der Waals surface area contributed by atoms with Crippen molar-refractivity contribution >= 4 is 17.6 Å². The quantitative estimate of drug-likeness (QED) is 0.652. The van der Waals surface area contributed by atoms with Gasteiger partial charge in [0, 0.05) is 18.8 Å². The lowest BCUT2D eigenvalue weighted by atomic mass is 10.1. The molecule has 6 heteroatoms. The van der Waals surface area contributed by atoms with Gasteiger partial charge >= 0.3 is 6.03 Å². The van der Waals surface area contributed by atoms with Crippen molar-refractivity contribution < 1.29 is 9.59 Å². The molecule has 2 atom stereocenters. The molecule has 0 fully saturated rings. The van der Waals surface area contributed by atoms with Gasteiger partial charge in [-0.15, -0.1) is 0 Å². The van der Waals surface area contributed by atoms with Crippen LogP contribution in [0.5, 0.6) is 0 Å². The molecule has 104 valence electrons. The standard InChI is InChI=1S/C13H20N4O2/c1-8(14)10-5-4-6-11(7-10)17-13(19)16-9(2)12(18)15-3/h4-9H,14H2,1-3H3,(H,15,18)(H2,16,17,19).